The van der Waals surface area contributed by atoms with Gasteiger partial charge in [-0.1, -0.05) is 12.1 Å². The molecule has 0 bridgehead atoms. The van der Waals surface area contributed by atoms with Crippen LogP contribution >= 0.6 is 0 Å². The summed E-state index contributed by atoms with van der Waals surface area (Å²) < 4.78 is 5.20. The lowest BCUT2D eigenvalue weighted by Gasteiger charge is -2.33. The van der Waals surface area contributed by atoms with Gasteiger partial charge in [0.25, 0.3) is 5.91 Å². The van der Waals surface area contributed by atoms with E-state index in [9.17, 15) is 4.79 Å². The van der Waals surface area contributed by atoms with E-state index in [4.69, 9.17) is 10.5 Å². The number of methoxy groups -OCH3 is 1. The molecule has 3 rings (SSSR count). The number of para-hydroxylation sites is 1. The Kier molecular flexibility index (Phi) is 5.37. The van der Waals surface area contributed by atoms with E-state index in [-0.39, 0.29) is 5.91 Å². The lowest BCUT2D eigenvalue weighted by atomic mass is 10.2. The first kappa shape index (κ1) is 17.7. The van der Waals surface area contributed by atoms with Gasteiger partial charge in [0.05, 0.1) is 12.7 Å². The average molecular weight is 357 g/mol. The fourth-order valence-corrected chi connectivity index (χ4v) is 2.77. The second-order valence-corrected chi connectivity index (χ2v) is 6.03. The van der Waals surface area contributed by atoms with Gasteiger partial charge in [-0.2, -0.15) is 0 Å². The molecule has 0 unspecified atom stereocenters. The molecule has 26 heavy (non-hydrogen) atoms. The van der Waals surface area contributed by atoms with Crippen LogP contribution in [0.15, 0.2) is 30.6 Å². The molecule has 0 saturated carbocycles. The van der Waals surface area contributed by atoms with Crippen molar-refractivity contribution in [3.05, 3.63) is 36.2 Å². The highest BCUT2D eigenvalue weighted by Gasteiger charge is 2.20. The van der Waals surface area contributed by atoms with Crippen LogP contribution in [0.5, 0.6) is 5.75 Å². The Morgan fingerprint density at radius 2 is 1.92 bits per heavy atom. The van der Waals surface area contributed by atoms with Crippen molar-refractivity contribution < 1.29 is 9.53 Å². The fraction of sp³-hybridized carbons (Fsp3) is 0.353. The van der Waals surface area contributed by atoms with Gasteiger partial charge in [0.2, 0.25) is 0 Å². The van der Waals surface area contributed by atoms with Crippen LogP contribution in [0.25, 0.3) is 0 Å². The number of ether oxygens (including phenoxy) is 1. The topological polar surface area (TPSA) is 109 Å². The summed E-state index contributed by atoms with van der Waals surface area (Å²) in [6.45, 7) is 3.56. The summed E-state index contributed by atoms with van der Waals surface area (Å²) in [4.78, 5) is 25.2. The number of aromatic nitrogens is 2. The zero-order valence-electron chi connectivity index (χ0n) is 14.9. The number of piperazine rings is 1. The monoisotopic (exact) mass is 357 g/mol. The maximum atomic E-state index is 12.4. The molecule has 1 saturated heterocycles. The van der Waals surface area contributed by atoms with E-state index in [1.807, 2.05) is 0 Å². The zero-order chi connectivity index (χ0) is 18.5. The number of carbonyl (C=O) groups is 1. The zero-order valence-corrected chi connectivity index (χ0v) is 14.9. The van der Waals surface area contributed by atoms with Crippen molar-refractivity contribution in [2.24, 2.45) is 0 Å². The molecule has 0 radical (unpaired) electrons. The summed E-state index contributed by atoms with van der Waals surface area (Å²) >= 11 is 0. The SMILES string of the molecule is COc1ccccc1C(=O)NNc1ncnc(N2CCN(C)CC2)c1N. The van der Waals surface area contributed by atoms with Crippen LogP contribution in [-0.2, 0) is 0 Å². The maximum Gasteiger partial charge on any atom is 0.273 e. The maximum absolute atomic E-state index is 12.4. The third-order valence-corrected chi connectivity index (χ3v) is 4.31. The van der Waals surface area contributed by atoms with Crippen molar-refractivity contribution in [3.8, 4) is 5.75 Å². The first-order valence-electron chi connectivity index (χ1n) is 8.33. The molecule has 9 nitrogen and oxygen atoms in total. The Hall–Kier alpha value is -3.07. The third-order valence-electron chi connectivity index (χ3n) is 4.31. The van der Waals surface area contributed by atoms with Crippen molar-refractivity contribution in [1.82, 2.24) is 20.3 Å². The smallest absolute Gasteiger partial charge is 0.273 e. The van der Waals surface area contributed by atoms with Crippen LogP contribution in [-0.4, -0.2) is 61.1 Å². The van der Waals surface area contributed by atoms with E-state index in [0.717, 1.165) is 26.2 Å². The summed E-state index contributed by atoms with van der Waals surface area (Å²) in [5, 5.41) is 0. The molecule has 1 fully saturated rings. The standard InChI is InChI=1S/C17H23N7O2/c1-23-7-9-24(10-8-23)16-14(18)15(19-11-20-16)21-22-17(25)12-5-3-4-6-13(12)26-2/h3-6,11H,7-10,18H2,1-2H3,(H,22,25)(H,19,20,21). The van der Waals surface area contributed by atoms with Crippen LogP contribution in [0.3, 0.4) is 0 Å². The Morgan fingerprint density at radius 1 is 1.19 bits per heavy atom. The van der Waals surface area contributed by atoms with Crippen molar-refractivity contribution in [2.45, 2.75) is 0 Å². The Bertz CT molecular complexity index is 775. The number of rotatable bonds is 5. The number of nitrogens with one attached hydrogen (secondary N) is 2. The first-order valence-corrected chi connectivity index (χ1v) is 8.33. The number of hydrogen-bond acceptors (Lipinski definition) is 8. The summed E-state index contributed by atoms with van der Waals surface area (Å²) in [7, 11) is 3.60. The largest absolute Gasteiger partial charge is 0.496 e. The molecule has 2 heterocycles. The molecule has 1 aliphatic rings. The van der Waals surface area contributed by atoms with Gasteiger partial charge in [-0.3, -0.25) is 15.6 Å². The van der Waals surface area contributed by atoms with E-state index in [1.54, 1.807) is 24.3 Å². The van der Waals surface area contributed by atoms with Crippen LogP contribution in [0.2, 0.25) is 0 Å². The predicted molar refractivity (Wildman–Crippen MR) is 100 cm³/mol. The van der Waals surface area contributed by atoms with Crippen LogP contribution in [0.1, 0.15) is 10.4 Å². The first-order chi connectivity index (χ1) is 12.6. The van der Waals surface area contributed by atoms with Gasteiger partial charge >= 0.3 is 0 Å². The minimum atomic E-state index is -0.346. The van der Waals surface area contributed by atoms with Gasteiger partial charge in [-0.15, -0.1) is 0 Å². The van der Waals surface area contributed by atoms with Crippen LogP contribution in [0.4, 0.5) is 17.3 Å². The molecule has 0 atom stereocenters. The number of nitrogen functional groups attached to an aromatic ring is 1. The second kappa shape index (κ2) is 7.87. The number of hydrogen-bond donors (Lipinski definition) is 3. The number of hydrazine groups is 1. The highest BCUT2D eigenvalue weighted by molar-refractivity contribution is 5.97. The molecule has 1 aromatic carbocycles. The number of nitrogens with zero attached hydrogens (tertiary/aromatic N) is 4. The Labute approximate surface area is 152 Å². The minimum absolute atomic E-state index is 0.346. The van der Waals surface area contributed by atoms with Gasteiger partial charge in [-0.25, -0.2) is 9.97 Å². The lowest BCUT2D eigenvalue weighted by Crippen LogP contribution is -2.45. The molecule has 9 heteroatoms. The van der Waals surface area contributed by atoms with E-state index in [1.165, 1.54) is 13.4 Å². The van der Waals surface area contributed by atoms with Crippen molar-refractivity contribution >= 4 is 23.2 Å². The molecule has 0 spiro atoms. The van der Waals surface area contributed by atoms with Crippen LogP contribution < -0.4 is 26.2 Å². The molecule has 1 aliphatic heterocycles. The van der Waals surface area contributed by atoms with Gasteiger partial charge in [0, 0.05) is 26.2 Å². The van der Waals surface area contributed by atoms with Crippen LogP contribution in [0, 0.1) is 0 Å². The number of benzene rings is 1. The van der Waals surface area contributed by atoms with Gasteiger partial charge < -0.3 is 20.3 Å². The molecule has 4 N–H and O–H groups in total. The number of amides is 1. The fourth-order valence-electron chi connectivity index (χ4n) is 2.77. The van der Waals surface area contributed by atoms with Crippen molar-refractivity contribution in [3.63, 3.8) is 0 Å². The number of anilines is 3. The Balaban J connectivity index is 1.70. The average Bonchev–Trinajstić information content (AvgIpc) is 2.67. The molecule has 1 aromatic heterocycles. The summed E-state index contributed by atoms with van der Waals surface area (Å²) in [5.74, 6) is 1.17. The normalized spacial score (nSPS) is 14.8. The minimum Gasteiger partial charge on any atom is -0.496 e. The number of nitrogens with two attached hydrogens (primary N) is 1. The third kappa shape index (κ3) is 3.77. The Morgan fingerprint density at radius 3 is 2.65 bits per heavy atom. The lowest BCUT2D eigenvalue weighted by molar-refractivity contribution is 0.0959. The molecule has 2 aromatic rings. The van der Waals surface area contributed by atoms with E-state index in [2.05, 4.69) is 37.7 Å². The summed E-state index contributed by atoms with van der Waals surface area (Å²) in [6, 6.07) is 6.96. The summed E-state index contributed by atoms with van der Waals surface area (Å²) in [6.07, 6.45) is 1.43. The van der Waals surface area contributed by atoms with Gasteiger partial charge in [0.1, 0.15) is 17.8 Å². The second-order valence-electron chi connectivity index (χ2n) is 6.03. The van der Waals surface area contributed by atoms with Gasteiger partial charge in [0.15, 0.2) is 11.6 Å². The van der Waals surface area contributed by atoms with Crippen molar-refractivity contribution in [2.75, 3.05) is 56.4 Å². The summed E-state index contributed by atoms with van der Waals surface area (Å²) in [5.41, 5.74) is 12.4. The van der Waals surface area contributed by atoms with Gasteiger partial charge in [-0.05, 0) is 19.2 Å². The number of carbonyl (C=O) groups excluding carboxylic acids is 1. The molecule has 0 aliphatic carbocycles. The van der Waals surface area contributed by atoms with E-state index < -0.39 is 0 Å². The molecule has 1 amide bonds. The molecular formula is C17H23N7O2. The quantitative estimate of drug-likeness (QED) is 0.667. The molecule has 138 valence electrons. The highest BCUT2D eigenvalue weighted by atomic mass is 16.5. The van der Waals surface area contributed by atoms with E-state index in [0.29, 0.717) is 28.6 Å². The van der Waals surface area contributed by atoms with E-state index >= 15 is 0 Å². The highest BCUT2D eigenvalue weighted by Crippen LogP contribution is 2.26. The molecular weight excluding hydrogens is 334 g/mol. The number of likely N-dealkylation sites (N-methyl/N-ethyl adjacent to an activating group) is 1. The predicted octanol–water partition coefficient (Wildman–Crippen LogP) is 0.576. The van der Waals surface area contributed by atoms with Crippen molar-refractivity contribution in [1.29, 1.82) is 0 Å².